The zero-order valence-corrected chi connectivity index (χ0v) is 12.9. The third-order valence-electron chi connectivity index (χ3n) is 3.25. The minimum absolute atomic E-state index is 0.869. The van der Waals surface area contributed by atoms with Gasteiger partial charge in [-0.25, -0.2) is 0 Å². The second-order valence-corrected chi connectivity index (χ2v) is 5.59. The standard InChI is InChI=1S/C14H17IN2/c1-9-6-5-7-10(2)13(9)8-17-12(4)14(15)11(3)16-17/h5-7H,8H2,1-4H3. The van der Waals surface area contributed by atoms with Crippen LogP contribution in [0.3, 0.4) is 0 Å². The Bertz CT molecular complexity index is 535. The molecule has 2 rings (SSSR count). The smallest absolute Gasteiger partial charge is 0.0730 e. The van der Waals surface area contributed by atoms with Gasteiger partial charge in [-0.05, 0) is 67.0 Å². The van der Waals surface area contributed by atoms with Crippen LogP contribution in [0.4, 0.5) is 0 Å². The van der Waals surface area contributed by atoms with Crippen LogP contribution in [0.25, 0.3) is 0 Å². The summed E-state index contributed by atoms with van der Waals surface area (Å²) in [5.41, 5.74) is 6.44. The van der Waals surface area contributed by atoms with Gasteiger partial charge in [0.05, 0.1) is 15.8 Å². The van der Waals surface area contributed by atoms with Gasteiger partial charge in [-0.15, -0.1) is 0 Å². The molecule has 0 bridgehead atoms. The summed E-state index contributed by atoms with van der Waals surface area (Å²) < 4.78 is 3.38. The molecule has 0 aliphatic heterocycles. The third kappa shape index (κ3) is 2.39. The zero-order valence-electron chi connectivity index (χ0n) is 10.7. The highest BCUT2D eigenvalue weighted by molar-refractivity contribution is 14.1. The van der Waals surface area contributed by atoms with E-state index in [9.17, 15) is 0 Å². The number of aromatic nitrogens is 2. The van der Waals surface area contributed by atoms with Crippen molar-refractivity contribution in [3.8, 4) is 0 Å². The first-order valence-corrected chi connectivity index (χ1v) is 6.83. The van der Waals surface area contributed by atoms with Gasteiger partial charge in [0.25, 0.3) is 0 Å². The fourth-order valence-electron chi connectivity index (χ4n) is 2.08. The van der Waals surface area contributed by atoms with Crippen LogP contribution in [0.5, 0.6) is 0 Å². The van der Waals surface area contributed by atoms with E-state index in [1.54, 1.807) is 0 Å². The molecule has 0 N–H and O–H groups in total. The van der Waals surface area contributed by atoms with Gasteiger partial charge in [0.2, 0.25) is 0 Å². The number of aryl methyl sites for hydroxylation is 3. The normalized spacial score (nSPS) is 10.9. The van der Waals surface area contributed by atoms with Gasteiger partial charge in [0.15, 0.2) is 0 Å². The summed E-state index contributed by atoms with van der Waals surface area (Å²) in [6.07, 6.45) is 0. The van der Waals surface area contributed by atoms with Crippen molar-refractivity contribution < 1.29 is 0 Å². The van der Waals surface area contributed by atoms with E-state index in [0.717, 1.165) is 12.2 Å². The van der Waals surface area contributed by atoms with E-state index in [4.69, 9.17) is 0 Å². The Labute approximate surface area is 116 Å². The summed E-state index contributed by atoms with van der Waals surface area (Å²) in [5.74, 6) is 0. The van der Waals surface area contributed by atoms with Crippen LogP contribution in [0.15, 0.2) is 18.2 Å². The summed E-state index contributed by atoms with van der Waals surface area (Å²) in [6.45, 7) is 9.40. The van der Waals surface area contributed by atoms with E-state index in [2.05, 4.69) is 78.3 Å². The molecule has 0 aliphatic rings. The number of hydrogen-bond donors (Lipinski definition) is 0. The Balaban J connectivity index is 2.41. The molecular formula is C14H17IN2. The molecule has 3 heteroatoms. The number of benzene rings is 1. The molecule has 0 radical (unpaired) electrons. The molecule has 17 heavy (non-hydrogen) atoms. The molecule has 0 fully saturated rings. The Morgan fingerprint density at radius 1 is 1.12 bits per heavy atom. The van der Waals surface area contributed by atoms with Crippen LogP contribution in [0.1, 0.15) is 28.1 Å². The molecule has 0 amide bonds. The molecule has 0 spiro atoms. The lowest BCUT2D eigenvalue weighted by Crippen LogP contribution is -2.07. The second-order valence-electron chi connectivity index (χ2n) is 4.51. The SMILES string of the molecule is Cc1cccc(C)c1Cn1nc(C)c(I)c1C. The van der Waals surface area contributed by atoms with Gasteiger partial charge in [0, 0.05) is 5.69 Å². The molecule has 90 valence electrons. The van der Waals surface area contributed by atoms with Crippen molar-refractivity contribution >= 4 is 22.6 Å². The minimum Gasteiger partial charge on any atom is -0.264 e. The summed E-state index contributed by atoms with van der Waals surface area (Å²) in [4.78, 5) is 0. The topological polar surface area (TPSA) is 17.8 Å². The number of rotatable bonds is 2. The van der Waals surface area contributed by atoms with Gasteiger partial charge < -0.3 is 0 Å². The fourth-order valence-corrected chi connectivity index (χ4v) is 2.46. The van der Waals surface area contributed by atoms with Crippen LogP contribution >= 0.6 is 22.6 Å². The fraction of sp³-hybridized carbons (Fsp3) is 0.357. The van der Waals surface area contributed by atoms with Gasteiger partial charge in [-0.3, -0.25) is 4.68 Å². The first-order valence-electron chi connectivity index (χ1n) is 5.75. The van der Waals surface area contributed by atoms with Crippen molar-refractivity contribution in [2.75, 3.05) is 0 Å². The Kier molecular flexibility index (Phi) is 3.56. The van der Waals surface area contributed by atoms with Gasteiger partial charge >= 0.3 is 0 Å². The van der Waals surface area contributed by atoms with Crippen molar-refractivity contribution in [2.24, 2.45) is 0 Å². The third-order valence-corrected chi connectivity index (χ3v) is 4.81. The summed E-state index contributed by atoms with van der Waals surface area (Å²) in [7, 11) is 0. The van der Waals surface area contributed by atoms with Gasteiger partial charge in [0.1, 0.15) is 0 Å². The largest absolute Gasteiger partial charge is 0.264 e. The molecule has 1 aromatic heterocycles. The van der Waals surface area contributed by atoms with Crippen LogP contribution < -0.4 is 0 Å². The second kappa shape index (κ2) is 4.80. The van der Waals surface area contributed by atoms with E-state index in [-0.39, 0.29) is 0 Å². The Hall–Kier alpha value is -0.840. The first-order chi connectivity index (χ1) is 8.00. The predicted octanol–water partition coefficient (Wildman–Crippen LogP) is 3.77. The number of halogens is 1. The summed E-state index contributed by atoms with van der Waals surface area (Å²) >= 11 is 2.37. The highest BCUT2D eigenvalue weighted by atomic mass is 127. The lowest BCUT2D eigenvalue weighted by atomic mass is 10.0. The molecule has 0 saturated carbocycles. The van der Waals surface area contributed by atoms with Crippen molar-refractivity contribution in [3.05, 3.63) is 49.8 Å². The maximum atomic E-state index is 4.60. The molecule has 0 atom stereocenters. The van der Waals surface area contributed by atoms with E-state index in [1.165, 1.54) is 26.0 Å². The van der Waals surface area contributed by atoms with Crippen molar-refractivity contribution in [1.82, 2.24) is 9.78 Å². The van der Waals surface area contributed by atoms with E-state index >= 15 is 0 Å². The van der Waals surface area contributed by atoms with E-state index in [0.29, 0.717) is 0 Å². The molecule has 0 saturated heterocycles. The molecular weight excluding hydrogens is 323 g/mol. The summed E-state index contributed by atoms with van der Waals surface area (Å²) in [5, 5.41) is 4.60. The number of hydrogen-bond acceptors (Lipinski definition) is 1. The Morgan fingerprint density at radius 3 is 2.18 bits per heavy atom. The van der Waals surface area contributed by atoms with Crippen molar-refractivity contribution in [3.63, 3.8) is 0 Å². The Morgan fingerprint density at radius 2 is 1.71 bits per heavy atom. The average molecular weight is 340 g/mol. The summed E-state index contributed by atoms with van der Waals surface area (Å²) in [6, 6.07) is 6.44. The maximum absolute atomic E-state index is 4.60. The van der Waals surface area contributed by atoms with Crippen LogP contribution in [0.2, 0.25) is 0 Å². The van der Waals surface area contributed by atoms with Crippen LogP contribution in [0, 0.1) is 31.3 Å². The highest BCUT2D eigenvalue weighted by Crippen LogP contribution is 2.19. The molecule has 1 heterocycles. The van der Waals surface area contributed by atoms with Gasteiger partial charge in [-0.2, -0.15) is 5.10 Å². The quantitative estimate of drug-likeness (QED) is 0.761. The monoisotopic (exact) mass is 340 g/mol. The molecule has 0 aliphatic carbocycles. The lowest BCUT2D eigenvalue weighted by Gasteiger charge is -2.11. The minimum atomic E-state index is 0.869. The maximum Gasteiger partial charge on any atom is 0.0730 e. The zero-order chi connectivity index (χ0) is 12.6. The average Bonchev–Trinajstić information content (AvgIpc) is 2.52. The highest BCUT2D eigenvalue weighted by Gasteiger charge is 2.10. The van der Waals surface area contributed by atoms with Crippen molar-refractivity contribution in [1.29, 1.82) is 0 Å². The molecule has 2 aromatic rings. The van der Waals surface area contributed by atoms with Gasteiger partial charge in [-0.1, -0.05) is 18.2 Å². The predicted molar refractivity (Wildman–Crippen MR) is 79.4 cm³/mol. The van der Waals surface area contributed by atoms with E-state index in [1.807, 2.05) is 0 Å². The van der Waals surface area contributed by atoms with E-state index < -0.39 is 0 Å². The lowest BCUT2D eigenvalue weighted by molar-refractivity contribution is 0.654. The number of nitrogens with zero attached hydrogens (tertiary/aromatic N) is 2. The van der Waals surface area contributed by atoms with Crippen LogP contribution in [-0.2, 0) is 6.54 Å². The van der Waals surface area contributed by atoms with Crippen molar-refractivity contribution in [2.45, 2.75) is 34.2 Å². The molecule has 1 aromatic carbocycles. The first kappa shape index (κ1) is 12.6. The molecule has 0 unspecified atom stereocenters. The van der Waals surface area contributed by atoms with Crippen LogP contribution in [-0.4, -0.2) is 9.78 Å². The molecule has 2 nitrogen and oxygen atoms in total.